The van der Waals surface area contributed by atoms with Crippen molar-refractivity contribution in [3.05, 3.63) is 197 Å². The van der Waals surface area contributed by atoms with Crippen molar-refractivity contribution in [3.8, 4) is 0 Å². The van der Waals surface area contributed by atoms with Gasteiger partial charge in [-0.2, -0.15) is 0 Å². The number of allylic oxidation sites excluding steroid dienone is 6. The Morgan fingerprint density at radius 3 is 1.60 bits per heavy atom. The fraction of sp³-hybridized carbons (Fsp3) is 0.0500. The topological polar surface area (TPSA) is 104 Å². The molecule has 2 N–H and O–H groups in total. The van der Waals surface area contributed by atoms with Crippen molar-refractivity contribution in [2.75, 3.05) is 0 Å². The molecule has 8 heteroatoms. The summed E-state index contributed by atoms with van der Waals surface area (Å²) in [4.78, 5) is 31.6. The Morgan fingerprint density at radius 1 is 0.479 bits per heavy atom. The van der Waals surface area contributed by atoms with Crippen LogP contribution in [-0.2, 0) is 0 Å². The number of fused-ring (bicyclic) bond motifs is 6. The Labute approximate surface area is 277 Å². The first-order valence-corrected chi connectivity index (χ1v) is 15.8. The Kier molecular flexibility index (Phi) is 6.75. The number of nitrogens with zero attached hydrogens (tertiary/aromatic N) is 6. The number of H-pyrrole nitrogens is 1. The quantitative estimate of drug-likeness (QED) is 0.228. The lowest BCUT2D eigenvalue weighted by atomic mass is 9.88. The summed E-state index contributed by atoms with van der Waals surface area (Å²) in [6.45, 7) is 0. The number of aliphatic imine (C=N–C) groups is 2. The number of aromatic amines is 1. The summed E-state index contributed by atoms with van der Waals surface area (Å²) in [6.07, 6.45) is 27.5. The molecule has 0 saturated carbocycles. The van der Waals surface area contributed by atoms with Crippen molar-refractivity contribution in [1.82, 2.24) is 30.2 Å². The summed E-state index contributed by atoms with van der Waals surface area (Å²) in [7, 11) is 0. The fourth-order valence-corrected chi connectivity index (χ4v) is 6.86. The van der Waals surface area contributed by atoms with Crippen molar-refractivity contribution in [1.29, 1.82) is 0 Å². The number of hydrogen-bond donors (Lipinski definition) is 2. The van der Waals surface area contributed by atoms with Gasteiger partial charge in [0.25, 0.3) is 0 Å². The van der Waals surface area contributed by atoms with Gasteiger partial charge < -0.3 is 10.3 Å². The average molecular weight is 621 g/mol. The first kappa shape index (κ1) is 27.7. The normalized spacial score (nSPS) is 24.1. The second kappa shape index (κ2) is 11.7. The summed E-state index contributed by atoms with van der Waals surface area (Å²) in [5.41, 5.74) is 13.6. The zero-order valence-electron chi connectivity index (χ0n) is 25.7. The van der Waals surface area contributed by atoms with Gasteiger partial charge in [0.15, 0.2) is 0 Å². The fourth-order valence-electron chi connectivity index (χ4n) is 6.86. The molecule has 0 saturated heterocycles. The molecular weight excluding hydrogens is 592 g/mol. The molecule has 0 radical (unpaired) electrons. The molecule has 8 bridgehead atoms. The Morgan fingerprint density at radius 2 is 1.00 bits per heavy atom. The van der Waals surface area contributed by atoms with Crippen LogP contribution in [0.3, 0.4) is 0 Å². The van der Waals surface area contributed by atoms with Gasteiger partial charge in [-0.15, -0.1) is 0 Å². The largest absolute Gasteiger partial charge is 0.377 e. The molecule has 2 unspecified atom stereocenters. The monoisotopic (exact) mass is 620 g/mol. The van der Waals surface area contributed by atoms with Crippen molar-refractivity contribution < 1.29 is 0 Å². The van der Waals surface area contributed by atoms with Crippen LogP contribution in [0.15, 0.2) is 174 Å². The maximum atomic E-state index is 5.35. The summed E-state index contributed by atoms with van der Waals surface area (Å²) in [6, 6.07) is 20.5. The third kappa shape index (κ3) is 4.87. The van der Waals surface area contributed by atoms with Crippen LogP contribution < -0.4 is 5.32 Å². The van der Waals surface area contributed by atoms with Crippen LogP contribution in [0.4, 0.5) is 0 Å². The molecule has 5 aromatic heterocycles. The van der Waals surface area contributed by atoms with Crippen molar-refractivity contribution in [3.63, 3.8) is 0 Å². The lowest BCUT2D eigenvalue weighted by Gasteiger charge is -2.24. The van der Waals surface area contributed by atoms with Crippen molar-refractivity contribution >= 4 is 28.1 Å². The van der Waals surface area contributed by atoms with Crippen LogP contribution >= 0.6 is 0 Å². The van der Waals surface area contributed by atoms with Gasteiger partial charge in [-0.3, -0.25) is 24.9 Å². The minimum Gasteiger partial charge on any atom is -0.377 e. The molecule has 0 amide bonds. The van der Waals surface area contributed by atoms with E-state index in [1.54, 1.807) is 0 Å². The van der Waals surface area contributed by atoms with Crippen LogP contribution in [0.5, 0.6) is 0 Å². The lowest BCUT2D eigenvalue weighted by Crippen LogP contribution is -2.33. The minimum absolute atomic E-state index is 0.0651. The van der Waals surface area contributed by atoms with E-state index in [1.807, 2.05) is 86.0 Å². The smallest absolute Gasteiger partial charge is 0.0737 e. The highest BCUT2D eigenvalue weighted by Crippen LogP contribution is 2.38. The third-order valence-electron chi connectivity index (χ3n) is 9.01. The number of pyridine rings is 4. The van der Waals surface area contributed by atoms with E-state index in [4.69, 9.17) is 9.98 Å². The Bertz CT molecular complexity index is 2290. The van der Waals surface area contributed by atoms with Crippen molar-refractivity contribution in [2.24, 2.45) is 9.98 Å². The molecule has 0 aliphatic carbocycles. The maximum absolute atomic E-state index is 5.35. The molecule has 5 aromatic rings. The Balaban J connectivity index is 1.33. The van der Waals surface area contributed by atoms with Crippen molar-refractivity contribution in [2.45, 2.75) is 12.0 Å². The number of aromatic nitrogens is 5. The summed E-state index contributed by atoms with van der Waals surface area (Å²) in [5.74, 6) is -0.0743. The highest BCUT2D eigenvalue weighted by Gasteiger charge is 2.32. The SMILES string of the molecule is C1=C/C2=C(\c3ccncc3)c3ccc([nH]3)/C(c3ccncc3)=C3/C=CC(=N3)C(c3ccncc3)C3C=C/C(=C(\c4ccncc4)C1=N2)N3. The molecule has 228 valence electrons. The maximum Gasteiger partial charge on any atom is 0.0737 e. The number of nitrogens with one attached hydrogen (secondary N) is 2. The zero-order valence-corrected chi connectivity index (χ0v) is 25.7. The molecule has 48 heavy (non-hydrogen) atoms. The molecule has 0 spiro atoms. The molecule has 8 nitrogen and oxygen atoms in total. The van der Waals surface area contributed by atoms with E-state index in [9.17, 15) is 0 Å². The van der Waals surface area contributed by atoms with Gasteiger partial charge in [0.2, 0.25) is 0 Å². The summed E-state index contributed by atoms with van der Waals surface area (Å²) < 4.78 is 0. The molecule has 0 aromatic carbocycles. The minimum atomic E-state index is -0.0743. The van der Waals surface area contributed by atoms with Crippen LogP contribution in [0.2, 0.25) is 0 Å². The van der Waals surface area contributed by atoms with Gasteiger partial charge >= 0.3 is 0 Å². The van der Waals surface area contributed by atoms with Crippen LogP contribution in [0, 0.1) is 0 Å². The first-order chi connectivity index (χ1) is 23.8. The van der Waals surface area contributed by atoms with E-state index in [-0.39, 0.29) is 12.0 Å². The third-order valence-corrected chi connectivity index (χ3v) is 9.01. The highest BCUT2D eigenvalue weighted by atomic mass is 15.0. The predicted molar refractivity (Wildman–Crippen MR) is 189 cm³/mol. The van der Waals surface area contributed by atoms with Gasteiger partial charge in [-0.05, 0) is 113 Å². The van der Waals surface area contributed by atoms with E-state index in [0.29, 0.717) is 0 Å². The van der Waals surface area contributed by atoms with Gasteiger partial charge in [-0.1, -0.05) is 6.08 Å². The molecule has 9 heterocycles. The standard InChI is InChI=1S/C40H28N8/c1-2-30-38(26-11-19-42-20-12-26)32-5-6-34(47-32)40(28-15-23-44-24-16-28)36-8-7-35(48-36)39(27-13-21-43-22-14-27)33-4-3-31(46-33)37(29(1)45-30)25-9-17-41-18-10-25/h1-24,29,37,45,48H/b38-30-,39-33-,40-34-. The first-order valence-electron chi connectivity index (χ1n) is 15.8. The van der Waals surface area contributed by atoms with Gasteiger partial charge in [0.1, 0.15) is 0 Å². The molecule has 9 rings (SSSR count). The summed E-state index contributed by atoms with van der Waals surface area (Å²) >= 11 is 0. The Hall–Kier alpha value is -6.54. The predicted octanol–water partition coefficient (Wildman–Crippen LogP) is 6.87. The van der Waals surface area contributed by atoms with E-state index in [0.717, 1.165) is 78.9 Å². The second-order valence-electron chi connectivity index (χ2n) is 11.8. The van der Waals surface area contributed by atoms with E-state index in [2.05, 4.69) is 91.0 Å². The number of rotatable bonds is 4. The van der Waals surface area contributed by atoms with Gasteiger partial charge in [0, 0.05) is 83.4 Å². The second-order valence-corrected chi connectivity index (χ2v) is 11.8. The molecular formula is C40H28N8. The number of hydrogen-bond acceptors (Lipinski definition) is 7. The molecule has 2 atom stereocenters. The molecule has 4 aliphatic rings. The average Bonchev–Trinajstić information content (AvgIpc) is 3.98. The van der Waals surface area contributed by atoms with Crippen LogP contribution in [-0.4, -0.2) is 42.4 Å². The van der Waals surface area contributed by atoms with Gasteiger partial charge in [-0.25, -0.2) is 4.99 Å². The summed E-state index contributed by atoms with van der Waals surface area (Å²) in [5, 5.41) is 3.87. The lowest BCUT2D eigenvalue weighted by molar-refractivity contribution is 0.665. The van der Waals surface area contributed by atoms with E-state index >= 15 is 0 Å². The molecule has 0 fully saturated rings. The van der Waals surface area contributed by atoms with Gasteiger partial charge in [0.05, 0.1) is 34.8 Å². The molecule has 4 aliphatic heterocycles. The zero-order chi connectivity index (χ0) is 31.9. The van der Waals surface area contributed by atoms with E-state index < -0.39 is 0 Å². The van der Waals surface area contributed by atoms with Crippen LogP contribution in [0.25, 0.3) is 16.7 Å². The highest BCUT2D eigenvalue weighted by molar-refractivity contribution is 6.32. The van der Waals surface area contributed by atoms with Crippen LogP contribution in [0.1, 0.15) is 39.6 Å². The van der Waals surface area contributed by atoms with E-state index in [1.165, 1.54) is 0 Å².